The lowest BCUT2D eigenvalue weighted by Crippen LogP contribution is -2.30. The normalized spacial score (nSPS) is 12.7. The summed E-state index contributed by atoms with van der Waals surface area (Å²) >= 11 is 0. The fourth-order valence-corrected chi connectivity index (χ4v) is 3.96. The summed E-state index contributed by atoms with van der Waals surface area (Å²) in [7, 11) is -3.59. The van der Waals surface area contributed by atoms with Gasteiger partial charge >= 0.3 is 0 Å². The molecule has 0 spiro atoms. The maximum atomic E-state index is 12.8. The molecular formula is C21H21NO2S. The Morgan fingerprint density at radius 1 is 0.800 bits per heavy atom. The minimum absolute atomic E-state index is 0.284. The average molecular weight is 351 g/mol. The predicted molar refractivity (Wildman–Crippen MR) is 101 cm³/mol. The van der Waals surface area contributed by atoms with Gasteiger partial charge in [-0.25, -0.2) is 13.1 Å². The van der Waals surface area contributed by atoms with Crippen LogP contribution in [0, 0.1) is 6.92 Å². The van der Waals surface area contributed by atoms with E-state index in [9.17, 15) is 8.42 Å². The largest absolute Gasteiger partial charge is 0.241 e. The van der Waals surface area contributed by atoms with Crippen molar-refractivity contribution in [3.05, 3.63) is 102 Å². The number of aryl methyl sites for hydroxylation is 1. The van der Waals surface area contributed by atoms with Crippen LogP contribution in [-0.2, 0) is 16.4 Å². The minimum atomic E-state index is -3.59. The van der Waals surface area contributed by atoms with Crippen LogP contribution in [0.3, 0.4) is 0 Å². The van der Waals surface area contributed by atoms with Crippen molar-refractivity contribution in [1.29, 1.82) is 0 Å². The van der Waals surface area contributed by atoms with Crippen molar-refractivity contribution in [3.63, 3.8) is 0 Å². The molecule has 0 heterocycles. The Morgan fingerprint density at radius 3 is 1.96 bits per heavy atom. The summed E-state index contributed by atoms with van der Waals surface area (Å²) in [5.74, 6) is 0. The average Bonchev–Trinajstić information content (AvgIpc) is 2.63. The zero-order chi connectivity index (χ0) is 17.7. The molecule has 0 saturated heterocycles. The van der Waals surface area contributed by atoms with E-state index in [-0.39, 0.29) is 10.9 Å². The molecule has 3 nitrogen and oxygen atoms in total. The Hall–Kier alpha value is -2.43. The first-order chi connectivity index (χ1) is 12.0. The van der Waals surface area contributed by atoms with E-state index in [2.05, 4.69) is 4.72 Å². The second-order valence-electron chi connectivity index (χ2n) is 6.09. The molecule has 0 bridgehead atoms. The summed E-state index contributed by atoms with van der Waals surface area (Å²) in [6, 6.07) is 26.2. The zero-order valence-corrected chi connectivity index (χ0v) is 14.9. The molecule has 0 aliphatic rings. The summed E-state index contributed by atoms with van der Waals surface area (Å²) < 4.78 is 28.5. The smallest absolute Gasteiger partial charge is 0.207 e. The number of nitrogens with one attached hydrogen (secondary N) is 1. The van der Waals surface area contributed by atoms with Crippen LogP contribution in [0.5, 0.6) is 0 Å². The standard InChI is InChI=1S/C21H21NO2S/c1-17-12-14-20(15-13-17)25(23,24)22-21(19-10-6-3-7-11-19)16-18-8-4-2-5-9-18/h2-15,21-22H,16H2,1H3. The molecule has 0 saturated carbocycles. The van der Waals surface area contributed by atoms with Gasteiger partial charge < -0.3 is 0 Å². The van der Waals surface area contributed by atoms with Gasteiger partial charge in [0, 0.05) is 0 Å². The van der Waals surface area contributed by atoms with Crippen molar-refractivity contribution in [3.8, 4) is 0 Å². The lowest BCUT2D eigenvalue weighted by atomic mass is 10.00. The van der Waals surface area contributed by atoms with Gasteiger partial charge in [-0.3, -0.25) is 0 Å². The van der Waals surface area contributed by atoms with Crippen molar-refractivity contribution in [2.75, 3.05) is 0 Å². The third-order valence-electron chi connectivity index (χ3n) is 4.11. The van der Waals surface area contributed by atoms with E-state index >= 15 is 0 Å². The molecule has 1 unspecified atom stereocenters. The second kappa shape index (κ2) is 7.64. The van der Waals surface area contributed by atoms with Crippen LogP contribution in [0.25, 0.3) is 0 Å². The summed E-state index contributed by atoms with van der Waals surface area (Å²) in [6.07, 6.45) is 0.593. The highest BCUT2D eigenvalue weighted by Gasteiger charge is 2.21. The number of sulfonamides is 1. The van der Waals surface area contributed by atoms with Crippen molar-refractivity contribution in [1.82, 2.24) is 4.72 Å². The molecule has 0 radical (unpaired) electrons. The Bertz CT molecular complexity index is 905. The van der Waals surface area contributed by atoms with Gasteiger partial charge in [0.25, 0.3) is 0 Å². The maximum Gasteiger partial charge on any atom is 0.241 e. The molecule has 25 heavy (non-hydrogen) atoms. The Kier molecular flexibility index (Phi) is 5.31. The predicted octanol–water partition coefficient (Wildman–Crippen LogP) is 4.26. The lowest BCUT2D eigenvalue weighted by Gasteiger charge is -2.19. The topological polar surface area (TPSA) is 46.2 Å². The minimum Gasteiger partial charge on any atom is -0.207 e. The van der Waals surface area contributed by atoms with Gasteiger partial charge in [0.15, 0.2) is 0 Å². The van der Waals surface area contributed by atoms with Gasteiger partial charge in [0.05, 0.1) is 10.9 Å². The Morgan fingerprint density at radius 2 is 1.36 bits per heavy atom. The van der Waals surface area contributed by atoms with E-state index in [4.69, 9.17) is 0 Å². The molecule has 0 aliphatic heterocycles. The molecule has 3 aromatic carbocycles. The third kappa shape index (κ3) is 4.56. The van der Waals surface area contributed by atoms with E-state index in [1.165, 1.54) is 0 Å². The maximum absolute atomic E-state index is 12.8. The summed E-state index contributed by atoms with van der Waals surface area (Å²) in [5, 5.41) is 0. The van der Waals surface area contributed by atoms with E-state index in [1.807, 2.05) is 79.7 Å². The second-order valence-corrected chi connectivity index (χ2v) is 7.80. The molecule has 0 aromatic heterocycles. The van der Waals surface area contributed by atoms with Crippen LogP contribution in [-0.4, -0.2) is 8.42 Å². The summed E-state index contributed by atoms with van der Waals surface area (Å²) in [4.78, 5) is 0.284. The first kappa shape index (κ1) is 17.4. The Balaban J connectivity index is 1.90. The van der Waals surface area contributed by atoms with E-state index in [0.29, 0.717) is 6.42 Å². The number of benzene rings is 3. The number of rotatable bonds is 6. The lowest BCUT2D eigenvalue weighted by molar-refractivity contribution is 0.555. The molecule has 1 atom stereocenters. The number of hydrogen-bond acceptors (Lipinski definition) is 2. The fraction of sp³-hybridized carbons (Fsp3) is 0.143. The summed E-state index contributed by atoms with van der Waals surface area (Å²) in [5.41, 5.74) is 3.06. The number of hydrogen-bond donors (Lipinski definition) is 1. The quantitative estimate of drug-likeness (QED) is 0.721. The highest BCUT2D eigenvalue weighted by molar-refractivity contribution is 7.89. The van der Waals surface area contributed by atoms with Crippen molar-refractivity contribution >= 4 is 10.0 Å². The van der Waals surface area contributed by atoms with Crippen LogP contribution in [0.1, 0.15) is 22.7 Å². The van der Waals surface area contributed by atoms with Gasteiger partial charge in [0.1, 0.15) is 0 Å². The molecule has 0 fully saturated rings. The van der Waals surface area contributed by atoms with Gasteiger partial charge in [-0.05, 0) is 36.6 Å². The fourth-order valence-electron chi connectivity index (χ4n) is 2.74. The highest BCUT2D eigenvalue weighted by atomic mass is 32.2. The van der Waals surface area contributed by atoms with Crippen molar-refractivity contribution in [2.45, 2.75) is 24.3 Å². The van der Waals surface area contributed by atoms with Crippen LogP contribution >= 0.6 is 0 Å². The van der Waals surface area contributed by atoms with Crippen molar-refractivity contribution in [2.24, 2.45) is 0 Å². The molecule has 128 valence electrons. The van der Waals surface area contributed by atoms with E-state index in [1.54, 1.807) is 12.1 Å². The van der Waals surface area contributed by atoms with Gasteiger partial charge in [0.2, 0.25) is 10.0 Å². The first-order valence-corrected chi connectivity index (χ1v) is 9.71. The van der Waals surface area contributed by atoms with Gasteiger partial charge in [-0.2, -0.15) is 0 Å². The monoisotopic (exact) mass is 351 g/mol. The van der Waals surface area contributed by atoms with Gasteiger partial charge in [-0.1, -0.05) is 78.4 Å². The third-order valence-corrected chi connectivity index (χ3v) is 5.60. The molecule has 4 heteroatoms. The first-order valence-electron chi connectivity index (χ1n) is 8.22. The van der Waals surface area contributed by atoms with Crippen LogP contribution < -0.4 is 4.72 Å². The Labute approximate surface area is 149 Å². The summed E-state index contributed by atoms with van der Waals surface area (Å²) in [6.45, 7) is 1.94. The molecule has 0 aliphatic carbocycles. The molecule has 0 amide bonds. The molecule has 1 N–H and O–H groups in total. The van der Waals surface area contributed by atoms with Crippen LogP contribution in [0.4, 0.5) is 0 Å². The van der Waals surface area contributed by atoms with Crippen LogP contribution in [0.2, 0.25) is 0 Å². The molecule has 3 aromatic rings. The highest BCUT2D eigenvalue weighted by Crippen LogP contribution is 2.21. The zero-order valence-electron chi connectivity index (χ0n) is 14.1. The van der Waals surface area contributed by atoms with Crippen molar-refractivity contribution < 1.29 is 8.42 Å². The van der Waals surface area contributed by atoms with Crippen LogP contribution in [0.15, 0.2) is 89.8 Å². The van der Waals surface area contributed by atoms with E-state index < -0.39 is 10.0 Å². The molecule has 3 rings (SSSR count). The van der Waals surface area contributed by atoms with Gasteiger partial charge in [-0.15, -0.1) is 0 Å². The molecular weight excluding hydrogens is 330 g/mol. The SMILES string of the molecule is Cc1ccc(S(=O)(=O)NC(Cc2ccccc2)c2ccccc2)cc1. The van der Waals surface area contributed by atoms with E-state index in [0.717, 1.165) is 16.7 Å².